The summed E-state index contributed by atoms with van der Waals surface area (Å²) in [6, 6.07) is 0. The van der Waals surface area contributed by atoms with Gasteiger partial charge in [0.05, 0.1) is 17.0 Å². The Morgan fingerprint density at radius 3 is 2.53 bits per heavy atom. The summed E-state index contributed by atoms with van der Waals surface area (Å²) in [7, 11) is 0. The predicted molar refractivity (Wildman–Crippen MR) is 67.8 cm³/mol. The molecule has 0 saturated heterocycles. The van der Waals surface area contributed by atoms with Crippen molar-refractivity contribution in [2.45, 2.75) is 47.5 Å². The van der Waals surface area contributed by atoms with Crippen LogP contribution in [0, 0.1) is 5.92 Å². The summed E-state index contributed by atoms with van der Waals surface area (Å²) in [5, 5.41) is 3.14. The second-order valence-electron chi connectivity index (χ2n) is 3.46. The maximum atomic E-state index is 5.50. The minimum atomic E-state index is 0.698. The van der Waals surface area contributed by atoms with Crippen LogP contribution in [0.3, 0.4) is 0 Å². The molecule has 0 aliphatic heterocycles. The van der Waals surface area contributed by atoms with E-state index in [9.17, 15) is 0 Å². The Morgan fingerprint density at radius 2 is 2.07 bits per heavy atom. The monoisotopic (exact) mass is 229 g/mol. The van der Waals surface area contributed by atoms with Gasteiger partial charge in [0.15, 0.2) is 0 Å². The molecule has 0 spiro atoms. The van der Waals surface area contributed by atoms with Crippen molar-refractivity contribution in [2.75, 3.05) is 6.61 Å². The van der Waals surface area contributed by atoms with Gasteiger partial charge in [-0.25, -0.2) is 4.98 Å². The van der Waals surface area contributed by atoms with Crippen LogP contribution in [-0.4, -0.2) is 11.6 Å². The van der Waals surface area contributed by atoms with Crippen LogP contribution in [-0.2, 0) is 6.42 Å². The zero-order valence-corrected chi connectivity index (χ0v) is 11.4. The molecule has 15 heavy (non-hydrogen) atoms. The van der Waals surface area contributed by atoms with Gasteiger partial charge in [-0.3, -0.25) is 0 Å². The standard InChI is InChI=1S/C10H17NOS.C2H6/c1-4-10-11-9(7-13-10)12-6-5-8(2)3;1-2/h7-8H,4-6H2,1-3H3;1-2H3. The maximum absolute atomic E-state index is 5.50. The third kappa shape index (κ3) is 6.50. The van der Waals surface area contributed by atoms with E-state index >= 15 is 0 Å². The lowest BCUT2D eigenvalue weighted by atomic mass is 10.1. The first kappa shape index (κ1) is 14.4. The van der Waals surface area contributed by atoms with E-state index in [1.165, 1.54) is 0 Å². The van der Waals surface area contributed by atoms with Gasteiger partial charge >= 0.3 is 0 Å². The van der Waals surface area contributed by atoms with Crippen molar-refractivity contribution in [3.8, 4) is 5.88 Å². The summed E-state index contributed by atoms with van der Waals surface area (Å²) in [5.41, 5.74) is 0. The smallest absolute Gasteiger partial charge is 0.224 e. The first-order valence-corrected chi connectivity index (χ1v) is 6.67. The molecule has 2 nitrogen and oxygen atoms in total. The molecule has 0 aromatic carbocycles. The lowest BCUT2D eigenvalue weighted by Gasteiger charge is -2.04. The Hall–Kier alpha value is -0.570. The van der Waals surface area contributed by atoms with Gasteiger partial charge in [0.25, 0.3) is 0 Å². The van der Waals surface area contributed by atoms with Crippen LogP contribution in [0.1, 0.15) is 46.0 Å². The molecule has 1 aromatic heterocycles. The van der Waals surface area contributed by atoms with Crippen molar-refractivity contribution in [3.05, 3.63) is 10.4 Å². The highest BCUT2D eigenvalue weighted by Gasteiger charge is 2.01. The van der Waals surface area contributed by atoms with Gasteiger partial charge in [0.2, 0.25) is 5.88 Å². The average Bonchev–Trinajstić information content (AvgIpc) is 2.68. The summed E-state index contributed by atoms with van der Waals surface area (Å²) in [6.45, 7) is 11.3. The topological polar surface area (TPSA) is 22.1 Å². The van der Waals surface area contributed by atoms with E-state index in [2.05, 4.69) is 25.8 Å². The van der Waals surface area contributed by atoms with Crippen LogP contribution in [0.4, 0.5) is 0 Å². The normalized spacial score (nSPS) is 9.73. The van der Waals surface area contributed by atoms with Gasteiger partial charge < -0.3 is 4.74 Å². The van der Waals surface area contributed by atoms with Gasteiger partial charge in [-0.1, -0.05) is 34.6 Å². The number of nitrogens with zero attached hydrogens (tertiary/aromatic N) is 1. The van der Waals surface area contributed by atoms with Gasteiger partial charge in [-0.05, 0) is 18.8 Å². The molecule has 1 heterocycles. The summed E-state index contributed by atoms with van der Waals surface area (Å²) >= 11 is 1.67. The molecular weight excluding hydrogens is 206 g/mol. The quantitative estimate of drug-likeness (QED) is 0.756. The Morgan fingerprint density at radius 1 is 1.40 bits per heavy atom. The average molecular weight is 229 g/mol. The number of thiazole rings is 1. The molecule has 1 aromatic rings. The first-order valence-electron chi connectivity index (χ1n) is 5.79. The van der Waals surface area contributed by atoms with Gasteiger partial charge in [0.1, 0.15) is 0 Å². The van der Waals surface area contributed by atoms with Crippen LogP contribution >= 0.6 is 11.3 Å². The summed E-state index contributed by atoms with van der Waals surface area (Å²) in [6.07, 6.45) is 2.09. The highest BCUT2D eigenvalue weighted by molar-refractivity contribution is 7.09. The van der Waals surface area contributed by atoms with Gasteiger partial charge in [0, 0.05) is 0 Å². The molecule has 0 unspecified atom stereocenters. The number of hydrogen-bond acceptors (Lipinski definition) is 3. The maximum Gasteiger partial charge on any atom is 0.224 e. The molecule has 1 rings (SSSR count). The molecular formula is C12H23NOS. The van der Waals surface area contributed by atoms with Gasteiger partial charge in [-0.2, -0.15) is 0 Å². The zero-order chi connectivity index (χ0) is 11.7. The van der Waals surface area contributed by atoms with E-state index < -0.39 is 0 Å². The fraction of sp³-hybridized carbons (Fsp3) is 0.750. The largest absolute Gasteiger partial charge is 0.477 e. The number of aryl methyl sites for hydroxylation is 1. The predicted octanol–water partition coefficient (Wildman–Crippen LogP) is 4.16. The van der Waals surface area contributed by atoms with E-state index in [1.807, 2.05) is 19.2 Å². The van der Waals surface area contributed by atoms with E-state index in [-0.39, 0.29) is 0 Å². The molecule has 3 heteroatoms. The number of aromatic nitrogens is 1. The van der Waals surface area contributed by atoms with Crippen LogP contribution < -0.4 is 4.74 Å². The fourth-order valence-corrected chi connectivity index (χ4v) is 1.59. The molecule has 88 valence electrons. The van der Waals surface area contributed by atoms with Crippen LogP contribution in [0.25, 0.3) is 0 Å². The highest BCUT2D eigenvalue weighted by atomic mass is 32.1. The molecule has 0 N–H and O–H groups in total. The molecule has 0 fully saturated rings. The Bertz CT molecular complexity index is 246. The first-order chi connectivity index (χ1) is 7.22. The molecule has 0 radical (unpaired) electrons. The van der Waals surface area contributed by atoms with Crippen LogP contribution in [0.2, 0.25) is 0 Å². The third-order valence-electron chi connectivity index (χ3n) is 1.78. The molecule has 0 amide bonds. The molecule has 0 atom stereocenters. The molecule has 0 aliphatic carbocycles. The minimum Gasteiger partial charge on any atom is -0.477 e. The summed E-state index contributed by atoms with van der Waals surface area (Å²) in [4.78, 5) is 4.32. The second kappa shape index (κ2) is 8.72. The van der Waals surface area contributed by atoms with Crippen molar-refractivity contribution < 1.29 is 4.74 Å². The SMILES string of the molecule is CC.CCc1nc(OCCC(C)C)cs1. The van der Waals surface area contributed by atoms with Crippen molar-refractivity contribution in [1.82, 2.24) is 4.98 Å². The van der Waals surface area contributed by atoms with E-state index in [1.54, 1.807) is 11.3 Å². The lowest BCUT2D eigenvalue weighted by molar-refractivity contribution is 0.280. The van der Waals surface area contributed by atoms with E-state index in [0.717, 1.165) is 30.3 Å². The van der Waals surface area contributed by atoms with Crippen LogP contribution in [0.5, 0.6) is 5.88 Å². The van der Waals surface area contributed by atoms with Crippen molar-refractivity contribution >= 4 is 11.3 Å². The summed E-state index contributed by atoms with van der Waals surface area (Å²) in [5.74, 6) is 1.49. The Labute approximate surface area is 97.7 Å². The third-order valence-corrected chi connectivity index (χ3v) is 2.75. The highest BCUT2D eigenvalue weighted by Crippen LogP contribution is 2.17. The number of ether oxygens (including phenoxy) is 1. The van der Waals surface area contributed by atoms with E-state index in [0.29, 0.717) is 5.92 Å². The minimum absolute atomic E-state index is 0.698. The van der Waals surface area contributed by atoms with Crippen molar-refractivity contribution in [1.29, 1.82) is 0 Å². The Balaban J connectivity index is 0.000000921. The van der Waals surface area contributed by atoms with Gasteiger partial charge in [-0.15, -0.1) is 11.3 Å². The van der Waals surface area contributed by atoms with Crippen molar-refractivity contribution in [2.24, 2.45) is 5.92 Å². The fourth-order valence-electron chi connectivity index (χ4n) is 0.922. The Kier molecular flexibility index (Phi) is 8.38. The lowest BCUT2D eigenvalue weighted by Crippen LogP contribution is -2.01. The molecule has 0 aliphatic rings. The van der Waals surface area contributed by atoms with Crippen molar-refractivity contribution in [3.63, 3.8) is 0 Å². The summed E-state index contributed by atoms with van der Waals surface area (Å²) < 4.78 is 5.50. The molecule has 0 saturated carbocycles. The number of rotatable bonds is 5. The number of hydrogen-bond donors (Lipinski definition) is 0. The zero-order valence-electron chi connectivity index (χ0n) is 10.5. The second-order valence-corrected chi connectivity index (χ2v) is 4.41. The van der Waals surface area contributed by atoms with Crippen LogP contribution in [0.15, 0.2) is 5.38 Å². The van der Waals surface area contributed by atoms with E-state index in [4.69, 9.17) is 4.74 Å². The molecule has 0 bridgehead atoms.